The van der Waals surface area contributed by atoms with E-state index in [2.05, 4.69) is 25.4 Å². The summed E-state index contributed by atoms with van der Waals surface area (Å²) in [5.74, 6) is 1.09. The highest BCUT2D eigenvalue weighted by Crippen LogP contribution is 2.20. The zero-order chi connectivity index (χ0) is 19.4. The molecule has 2 heterocycles. The average Bonchev–Trinajstić information content (AvgIpc) is 3.11. The lowest BCUT2D eigenvalue weighted by Gasteiger charge is -2.10. The van der Waals surface area contributed by atoms with Crippen molar-refractivity contribution in [2.75, 3.05) is 6.54 Å². The number of amides is 1. The molecule has 140 valence electrons. The molecular formula is C19H22N6O2. The molecule has 2 aromatic heterocycles. The van der Waals surface area contributed by atoms with E-state index in [-0.39, 0.29) is 17.5 Å². The van der Waals surface area contributed by atoms with E-state index in [0.717, 1.165) is 11.4 Å². The molecule has 1 aromatic carbocycles. The van der Waals surface area contributed by atoms with Crippen LogP contribution in [0.15, 0.2) is 41.5 Å². The van der Waals surface area contributed by atoms with E-state index in [1.165, 1.54) is 12.4 Å². The van der Waals surface area contributed by atoms with Gasteiger partial charge in [-0.1, -0.05) is 12.1 Å². The lowest BCUT2D eigenvalue weighted by Crippen LogP contribution is -2.27. The van der Waals surface area contributed by atoms with Gasteiger partial charge in [0.15, 0.2) is 5.82 Å². The number of rotatable bonds is 6. The second-order valence-corrected chi connectivity index (χ2v) is 6.54. The van der Waals surface area contributed by atoms with Crippen molar-refractivity contribution in [2.24, 2.45) is 0 Å². The van der Waals surface area contributed by atoms with Gasteiger partial charge in [0.1, 0.15) is 12.2 Å². The van der Waals surface area contributed by atoms with Gasteiger partial charge in [0.2, 0.25) is 0 Å². The molecule has 0 bridgehead atoms. The molecule has 0 fully saturated rings. The number of aromatic amines is 1. The molecule has 3 aromatic rings. The van der Waals surface area contributed by atoms with E-state index in [9.17, 15) is 9.59 Å². The molecular weight excluding hydrogens is 344 g/mol. The Kier molecular flexibility index (Phi) is 5.44. The minimum Gasteiger partial charge on any atom is -0.352 e. The maximum absolute atomic E-state index is 12.5. The summed E-state index contributed by atoms with van der Waals surface area (Å²) in [5, 5.41) is 7.09. The zero-order valence-electron chi connectivity index (χ0n) is 15.6. The second kappa shape index (κ2) is 7.94. The number of aryl methyl sites for hydroxylation is 1. The molecule has 0 saturated carbocycles. The Morgan fingerprint density at radius 2 is 2.11 bits per heavy atom. The quantitative estimate of drug-likeness (QED) is 0.693. The van der Waals surface area contributed by atoms with Gasteiger partial charge in [0.05, 0.1) is 0 Å². The van der Waals surface area contributed by atoms with Crippen LogP contribution in [0.2, 0.25) is 0 Å². The van der Waals surface area contributed by atoms with E-state index in [1.54, 1.807) is 19.1 Å². The lowest BCUT2D eigenvalue weighted by atomic mass is 10.1. The Balaban J connectivity index is 1.68. The third kappa shape index (κ3) is 4.46. The number of H-pyrrole nitrogens is 1. The average molecular weight is 366 g/mol. The predicted molar refractivity (Wildman–Crippen MR) is 101 cm³/mol. The fourth-order valence-corrected chi connectivity index (χ4v) is 2.79. The van der Waals surface area contributed by atoms with Gasteiger partial charge in [-0.05, 0) is 32.9 Å². The van der Waals surface area contributed by atoms with Crippen molar-refractivity contribution < 1.29 is 4.79 Å². The Morgan fingerprint density at radius 1 is 1.30 bits per heavy atom. The Hall–Kier alpha value is -3.29. The molecule has 0 unspecified atom stereocenters. The minimum atomic E-state index is -0.192. The molecule has 2 N–H and O–H groups in total. The third-order valence-electron chi connectivity index (χ3n) is 4.01. The van der Waals surface area contributed by atoms with Gasteiger partial charge in [-0.15, -0.1) is 0 Å². The molecule has 0 spiro atoms. The van der Waals surface area contributed by atoms with E-state index in [1.807, 2.05) is 30.7 Å². The van der Waals surface area contributed by atoms with Gasteiger partial charge >= 0.3 is 0 Å². The molecule has 8 nitrogen and oxygen atoms in total. The van der Waals surface area contributed by atoms with Crippen molar-refractivity contribution in [2.45, 2.75) is 33.2 Å². The van der Waals surface area contributed by atoms with E-state index < -0.39 is 0 Å². The summed E-state index contributed by atoms with van der Waals surface area (Å²) in [4.78, 5) is 35.1. The number of aromatic nitrogens is 5. The summed E-state index contributed by atoms with van der Waals surface area (Å²) < 4.78 is 1.82. The van der Waals surface area contributed by atoms with Crippen LogP contribution in [0.3, 0.4) is 0 Å². The number of benzene rings is 1. The highest BCUT2D eigenvalue weighted by molar-refractivity contribution is 5.95. The molecule has 0 aliphatic carbocycles. The molecule has 3 rings (SSSR count). The van der Waals surface area contributed by atoms with Gasteiger partial charge < -0.3 is 10.3 Å². The molecule has 0 atom stereocenters. The van der Waals surface area contributed by atoms with Gasteiger partial charge in [0.25, 0.3) is 11.5 Å². The van der Waals surface area contributed by atoms with Gasteiger partial charge in [-0.3, -0.25) is 9.59 Å². The normalized spacial score (nSPS) is 11.0. The summed E-state index contributed by atoms with van der Waals surface area (Å²) in [7, 11) is 0. The fraction of sp³-hybridized carbons (Fsp3) is 0.316. The molecule has 27 heavy (non-hydrogen) atoms. The first-order valence-electron chi connectivity index (χ1n) is 8.79. The van der Waals surface area contributed by atoms with Gasteiger partial charge in [-0.25, -0.2) is 14.6 Å². The number of nitrogens with one attached hydrogen (secondary N) is 2. The number of hydrogen-bond acceptors (Lipinski definition) is 5. The van der Waals surface area contributed by atoms with Crippen LogP contribution in [0, 0.1) is 6.92 Å². The highest BCUT2D eigenvalue weighted by Gasteiger charge is 2.12. The van der Waals surface area contributed by atoms with Crippen LogP contribution in [-0.4, -0.2) is 37.2 Å². The van der Waals surface area contributed by atoms with Crippen LogP contribution in [0.25, 0.3) is 11.4 Å². The monoisotopic (exact) mass is 366 g/mol. The van der Waals surface area contributed by atoms with Crippen LogP contribution >= 0.6 is 0 Å². The summed E-state index contributed by atoms with van der Waals surface area (Å²) in [6, 6.07) is 8.88. The molecule has 1 amide bonds. The summed E-state index contributed by atoms with van der Waals surface area (Å²) in [5.41, 5.74) is 1.84. The smallest absolute Gasteiger partial charge is 0.251 e. The first-order valence-corrected chi connectivity index (χ1v) is 8.79. The van der Waals surface area contributed by atoms with Gasteiger partial charge in [0, 0.05) is 41.9 Å². The Bertz CT molecular complexity index is 1010. The first kappa shape index (κ1) is 18.5. The Labute approximate surface area is 156 Å². The summed E-state index contributed by atoms with van der Waals surface area (Å²) in [6.45, 7) is 6.19. The molecule has 0 radical (unpaired) electrons. The second-order valence-electron chi connectivity index (χ2n) is 6.54. The lowest BCUT2D eigenvalue weighted by molar-refractivity contribution is 0.0954. The molecule has 8 heteroatoms. The standard InChI is InChI=1S/C19H22N6O2/c1-12(2)25-18(21-11-22-25)14-5-4-6-15(10-14)19(27)20-8-7-16-23-13(3)9-17(26)24-16/h4-6,9-12H,7-8H2,1-3H3,(H,20,27)(H,23,24,26). The number of carbonyl (C=O) groups is 1. The number of hydrogen-bond donors (Lipinski definition) is 2. The maximum atomic E-state index is 12.5. The zero-order valence-corrected chi connectivity index (χ0v) is 15.6. The van der Waals surface area contributed by atoms with E-state index >= 15 is 0 Å². The van der Waals surface area contributed by atoms with Crippen molar-refractivity contribution in [3.05, 3.63) is 64.1 Å². The van der Waals surface area contributed by atoms with Crippen LogP contribution in [0.4, 0.5) is 0 Å². The summed E-state index contributed by atoms with van der Waals surface area (Å²) >= 11 is 0. The SMILES string of the molecule is Cc1cc(=O)[nH]c(CCNC(=O)c2cccc(-c3ncnn3C(C)C)c2)n1. The van der Waals surface area contributed by atoms with Crippen LogP contribution in [0.1, 0.15) is 41.8 Å². The largest absolute Gasteiger partial charge is 0.352 e. The van der Waals surface area contributed by atoms with E-state index in [0.29, 0.717) is 30.0 Å². The van der Waals surface area contributed by atoms with Crippen molar-refractivity contribution in [1.29, 1.82) is 0 Å². The highest BCUT2D eigenvalue weighted by atomic mass is 16.1. The molecule has 0 aliphatic heterocycles. The van der Waals surface area contributed by atoms with Crippen LogP contribution < -0.4 is 10.9 Å². The summed E-state index contributed by atoms with van der Waals surface area (Å²) in [6.07, 6.45) is 1.96. The maximum Gasteiger partial charge on any atom is 0.251 e. The van der Waals surface area contributed by atoms with Gasteiger partial charge in [-0.2, -0.15) is 5.10 Å². The van der Waals surface area contributed by atoms with Crippen molar-refractivity contribution in [3.63, 3.8) is 0 Å². The molecule has 0 saturated heterocycles. The number of nitrogens with zero attached hydrogens (tertiary/aromatic N) is 4. The third-order valence-corrected chi connectivity index (χ3v) is 4.01. The number of carbonyl (C=O) groups excluding carboxylic acids is 1. The van der Waals surface area contributed by atoms with Crippen LogP contribution in [0.5, 0.6) is 0 Å². The minimum absolute atomic E-state index is 0.170. The fourth-order valence-electron chi connectivity index (χ4n) is 2.79. The topological polar surface area (TPSA) is 106 Å². The molecule has 0 aliphatic rings. The first-order chi connectivity index (χ1) is 12.9. The Morgan fingerprint density at radius 3 is 2.85 bits per heavy atom. The van der Waals surface area contributed by atoms with Crippen molar-refractivity contribution >= 4 is 5.91 Å². The van der Waals surface area contributed by atoms with E-state index in [4.69, 9.17) is 0 Å². The predicted octanol–water partition coefficient (Wildman–Crippen LogP) is 1.89. The van der Waals surface area contributed by atoms with Crippen molar-refractivity contribution in [1.82, 2.24) is 30.0 Å². The van der Waals surface area contributed by atoms with Crippen LogP contribution in [-0.2, 0) is 6.42 Å². The van der Waals surface area contributed by atoms with Crippen molar-refractivity contribution in [3.8, 4) is 11.4 Å².